The fraction of sp³-hybridized carbons (Fsp3) is 0.133. The second-order valence-electron chi connectivity index (χ2n) is 4.70. The first-order chi connectivity index (χ1) is 10.1. The number of aromatic hydroxyl groups is 1. The molecule has 6 nitrogen and oxygen atoms in total. The summed E-state index contributed by atoms with van der Waals surface area (Å²) in [5.41, 5.74) is 2.24. The number of hydrogen-bond donors (Lipinski definition) is 3. The molecular formula is C15H13N3O3. The number of rotatable bonds is 2. The van der Waals surface area contributed by atoms with Crippen molar-refractivity contribution in [2.24, 2.45) is 4.99 Å². The molecule has 1 aliphatic heterocycles. The van der Waals surface area contributed by atoms with Crippen LogP contribution in [0.25, 0.3) is 11.6 Å². The van der Waals surface area contributed by atoms with E-state index in [4.69, 9.17) is 0 Å². The molecule has 1 aromatic carbocycles. The Morgan fingerprint density at radius 3 is 2.81 bits per heavy atom. The quantitative estimate of drug-likeness (QED) is 0.780. The number of aromatic amines is 2. The number of aliphatic imine (C=N–C) groups is 1. The summed E-state index contributed by atoms with van der Waals surface area (Å²) in [5.74, 6) is -0.454. The van der Waals surface area contributed by atoms with Gasteiger partial charge >= 0.3 is 5.69 Å². The van der Waals surface area contributed by atoms with Gasteiger partial charge in [-0.1, -0.05) is 25.1 Å². The summed E-state index contributed by atoms with van der Waals surface area (Å²) in [5, 5.41) is 9.72. The van der Waals surface area contributed by atoms with Crippen molar-refractivity contribution in [3.05, 3.63) is 55.7 Å². The molecular weight excluding hydrogens is 270 g/mol. The lowest BCUT2D eigenvalue weighted by Crippen LogP contribution is -2.23. The van der Waals surface area contributed by atoms with Crippen LogP contribution in [0, 0.1) is 0 Å². The minimum Gasteiger partial charge on any atom is -0.494 e. The number of H-pyrrole nitrogens is 2. The maximum atomic E-state index is 11.8. The molecule has 3 N–H and O–H groups in total. The molecule has 0 radical (unpaired) electrons. The molecule has 0 aliphatic carbocycles. The largest absolute Gasteiger partial charge is 0.494 e. The normalized spacial score (nSPS) is 14.6. The smallest absolute Gasteiger partial charge is 0.328 e. The Balaban J connectivity index is 2.16. The topological polar surface area (TPSA) is 98.3 Å². The Kier molecular flexibility index (Phi) is 3.06. The van der Waals surface area contributed by atoms with Gasteiger partial charge in [0, 0.05) is 17.4 Å². The molecule has 6 heteroatoms. The summed E-state index contributed by atoms with van der Waals surface area (Å²) in [6, 6.07) is 5.84. The molecule has 1 aromatic heterocycles. The molecule has 106 valence electrons. The van der Waals surface area contributed by atoms with Crippen molar-refractivity contribution in [3.63, 3.8) is 0 Å². The van der Waals surface area contributed by atoms with Gasteiger partial charge in [-0.05, 0) is 18.1 Å². The van der Waals surface area contributed by atoms with Gasteiger partial charge in [-0.2, -0.15) is 0 Å². The Morgan fingerprint density at radius 1 is 1.29 bits per heavy atom. The first-order valence-corrected chi connectivity index (χ1v) is 6.53. The minimum atomic E-state index is -0.742. The number of allylic oxidation sites excluding steroid dienone is 1. The van der Waals surface area contributed by atoms with E-state index in [9.17, 15) is 14.7 Å². The molecule has 0 amide bonds. The van der Waals surface area contributed by atoms with Crippen LogP contribution < -0.4 is 11.2 Å². The van der Waals surface area contributed by atoms with E-state index in [2.05, 4.69) is 15.0 Å². The molecule has 3 rings (SSSR count). The van der Waals surface area contributed by atoms with Gasteiger partial charge < -0.3 is 5.11 Å². The lowest BCUT2D eigenvalue weighted by atomic mass is 10.0. The third-order valence-corrected chi connectivity index (χ3v) is 3.40. The van der Waals surface area contributed by atoms with Crippen molar-refractivity contribution in [1.29, 1.82) is 0 Å². The lowest BCUT2D eigenvalue weighted by Gasteiger charge is -2.04. The number of fused-ring (bicyclic) bond motifs is 1. The minimum absolute atomic E-state index is 0.00537. The van der Waals surface area contributed by atoms with Gasteiger partial charge in [-0.25, -0.2) is 4.79 Å². The maximum absolute atomic E-state index is 11.8. The first kappa shape index (κ1) is 13.1. The van der Waals surface area contributed by atoms with E-state index in [1.807, 2.05) is 25.1 Å². The molecule has 0 spiro atoms. The molecule has 0 bridgehead atoms. The Hall–Kier alpha value is -2.89. The van der Waals surface area contributed by atoms with E-state index in [1.54, 1.807) is 6.21 Å². The van der Waals surface area contributed by atoms with Crippen molar-refractivity contribution in [1.82, 2.24) is 9.97 Å². The summed E-state index contributed by atoms with van der Waals surface area (Å²) >= 11 is 0. The Labute approximate surface area is 119 Å². The van der Waals surface area contributed by atoms with Crippen molar-refractivity contribution >= 4 is 23.6 Å². The number of nitrogens with zero attached hydrogens (tertiary/aromatic N) is 1. The number of nitrogens with one attached hydrogen (secondary N) is 2. The number of benzene rings is 1. The highest BCUT2D eigenvalue weighted by Gasteiger charge is 2.16. The molecule has 0 atom stereocenters. The van der Waals surface area contributed by atoms with E-state index < -0.39 is 17.1 Å². The summed E-state index contributed by atoms with van der Waals surface area (Å²) in [6.45, 7) is 2.05. The molecule has 0 fully saturated rings. The third-order valence-electron chi connectivity index (χ3n) is 3.40. The van der Waals surface area contributed by atoms with Gasteiger partial charge in [0.2, 0.25) is 5.88 Å². The molecule has 2 aromatic rings. The van der Waals surface area contributed by atoms with Gasteiger partial charge in [-0.15, -0.1) is 0 Å². The SMILES string of the molecule is CCc1cccc2c1N=C/C2=C/c1c(O)[nH]c(=O)[nH]c1=O. The van der Waals surface area contributed by atoms with Gasteiger partial charge in [-0.3, -0.25) is 19.8 Å². The molecule has 2 heterocycles. The molecule has 1 aliphatic rings. The summed E-state index contributed by atoms with van der Waals surface area (Å²) in [7, 11) is 0. The van der Waals surface area contributed by atoms with Crippen LogP contribution in [-0.2, 0) is 6.42 Å². The summed E-state index contributed by atoms with van der Waals surface area (Å²) in [4.78, 5) is 31.4. The average molecular weight is 283 g/mol. The zero-order valence-electron chi connectivity index (χ0n) is 11.3. The van der Waals surface area contributed by atoms with Crippen molar-refractivity contribution in [3.8, 4) is 5.88 Å². The van der Waals surface area contributed by atoms with E-state index >= 15 is 0 Å². The predicted molar refractivity (Wildman–Crippen MR) is 81.2 cm³/mol. The van der Waals surface area contributed by atoms with E-state index in [-0.39, 0.29) is 5.56 Å². The zero-order valence-corrected chi connectivity index (χ0v) is 11.3. The second kappa shape index (κ2) is 4.90. The number of aromatic nitrogens is 2. The second-order valence-corrected chi connectivity index (χ2v) is 4.70. The monoisotopic (exact) mass is 283 g/mol. The highest BCUT2D eigenvalue weighted by Crippen LogP contribution is 2.35. The molecule has 0 saturated heterocycles. The first-order valence-electron chi connectivity index (χ1n) is 6.53. The standard InChI is InChI=1S/C15H13N3O3/c1-2-8-4-3-5-10-9(7-16-12(8)10)6-11-13(19)17-15(21)18-14(11)20/h3-7H,2H2,1H3,(H3,17,18,19,20,21)/b9-6-. The van der Waals surface area contributed by atoms with Gasteiger partial charge in [0.1, 0.15) is 5.56 Å². The fourth-order valence-electron chi connectivity index (χ4n) is 2.35. The van der Waals surface area contributed by atoms with Crippen molar-refractivity contribution in [2.75, 3.05) is 0 Å². The number of hydrogen-bond acceptors (Lipinski definition) is 4. The lowest BCUT2D eigenvalue weighted by molar-refractivity contribution is 0.447. The molecule has 0 unspecified atom stereocenters. The van der Waals surface area contributed by atoms with Crippen molar-refractivity contribution in [2.45, 2.75) is 13.3 Å². The van der Waals surface area contributed by atoms with Crippen LogP contribution in [0.5, 0.6) is 5.88 Å². The van der Waals surface area contributed by atoms with Crippen LogP contribution in [0.4, 0.5) is 5.69 Å². The van der Waals surface area contributed by atoms with Crippen LogP contribution >= 0.6 is 0 Å². The molecule has 21 heavy (non-hydrogen) atoms. The van der Waals surface area contributed by atoms with Gasteiger partial charge in [0.15, 0.2) is 0 Å². The van der Waals surface area contributed by atoms with Gasteiger partial charge in [0.05, 0.1) is 5.69 Å². The third kappa shape index (κ3) is 2.20. The van der Waals surface area contributed by atoms with Crippen LogP contribution in [-0.4, -0.2) is 21.3 Å². The number of para-hydroxylation sites is 1. The molecule has 0 saturated carbocycles. The highest BCUT2D eigenvalue weighted by molar-refractivity contribution is 6.21. The predicted octanol–water partition coefficient (Wildman–Crippen LogP) is 1.59. The van der Waals surface area contributed by atoms with E-state index in [0.717, 1.165) is 23.2 Å². The van der Waals surface area contributed by atoms with E-state index in [1.165, 1.54) is 6.08 Å². The Bertz CT molecular complexity index is 888. The van der Waals surface area contributed by atoms with Crippen LogP contribution in [0.3, 0.4) is 0 Å². The van der Waals surface area contributed by atoms with Crippen LogP contribution in [0.1, 0.15) is 23.6 Å². The highest BCUT2D eigenvalue weighted by atomic mass is 16.3. The summed E-state index contributed by atoms with van der Waals surface area (Å²) < 4.78 is 0. The maximum Gasteiger partial charge on any atom is 0.328 e. The van der Waals surface area contributed by atoms with E-state index in [0.29, 0.717) is 5.57 Å². The summed E-state index contributed by atoms with van der Waals surface area (Å²) in [6.07, 6.45) is 4.02. The van der Waals surface area contributed by atoms with Gasteiger partial charge in [0.25, 0.3) is 5.56 Å². The van der Waals surface area contributed by atoms with Crippen LogP contribution in [0.15, 0.2) is 32.8 Å². The zero-order chi connectivity index (χ0) is 15.0. The average Bonchev–Trinajstić information content (AvgIpc) is 2.85. The number of aryl methyl sites for hydroxylation is 1. The fourth-order valence-corrected chi connectivity index (χ4v) is 2.35. The van der Waals surface area contributed by atoms with Crippen molar-refractivity contribution < 1.29 is 5.11 Å². The van der Waals surface area contributed by atoms with Crippen LogP contribution in [0.2, 0.25) is 0 Å². The Morgan fingerprint density at radius 2 is 2.10 bits per heavy atom.